The van der Waals surface area contributed by atoms with Crippen molar-refractivity contribution < 1.29 is 28.6 Å². The molecule has 0 bridgehead atoms. The number of aliphatic hydroxyl groups is 1. The van der Waals surface area contributed by atoms with Gasteiger partial charge in [0.2, 0.25) is 0 Å². The Labute approximate surface area is 199 Å². The molecule has 0 saturated heterocycles. The second-order valence-electron chi connectivity index (χ2n) is 8.17. The summed E-state index contributed by atoms with van der Waals surface area (Å²) in [5.41, 5.74) is 2.42. The zero-order chi connectivity index (χ0) is 24.9. The first-order valence-corrected chi connectivity index (χ1v) is 10.9. The lowest BCUT2D eigenvalue weighted by atomic mass is 9.95. The van der Waals surface area contributed by atoms with Gasteiger partial charge in [0.05, 0.1) is 6.61 Å². The number of aliphatic carboxylic acids is 1. The molecule has 3 aromatic carbocycles. The van der Waals surface area contributed by atoms with Crippen molar-refractivity contribution in [1.29, 1.82) is 0 Å². The number of carboxylic acids is 1. The van der Waals surface area contributed by atoms with Crippen molar-refractivity contribution in [2.24, 2.45) is 0 Å². The van der Waals surface area contributed by atoms with E-state index in [9.17, 15) is 28.6 Å². The van der Waals surface area contributed by atoms with Crippen LogP contribution in [0.5, 0.6) is 0 Å². The van der Waals surface area contributed by atoms with Gasteiger partial charge in [0.1, 0.15) is 23.2 Å². The Morgan fingerprint density at radius 3 is 2.37 bits per heavy atom. The highest BCUT2D eigenvalue weighted by molar-refractivity contribution is 5.97. The van der Waals surface area contributed by atoms with E-state index in [0.717, 1.165) is 45.7 Å². The molecule has 0 fully saturated rings. The van der Waals surface area contributed by atoms with Crippen molar-refractivity contribution in [3.05, 3.63) is 113 Å². The van der Waals surface area contributed by atoms with Crippen molar-refractivity contribution in [3.8, 4) is 0 Å². The average Bonchev–Trinajstić information content (AvgIpc) is 2.83. The van der Waals surface area contributed by atoms with Crippen LogP contribution in [-0.2, 0) is 24.2 Å². The van der Waals surface area contributed by atoms with Gasteiger partial charge in [-0.25, -0.2) is 13.6 Å². The van der Waals surface area contributed by atoms with Crippen LogP contribution in [-0.4, -0.2) is 33.1 Å². The van der Waals surface area contributed by atoms with Gasteiger partial charge < -0.3 is 15.5 Å². The van der Waals surface area contributed by atoms with E-state index < -0.39 is 35.1 Å². The van der Waals surface area contributed by atoms with Crippen LogP contribution in [0.1, 0.15) is 32.6 Å². The van der Waals surface area contributed by atoms with Gasteiger partial charge in [-0.3, -0.25) is 9.78 Å². The molecule has 6 nitrogen and oxygen atoms in total. The second-order valence-corrected chi connectivity index (χ2v) is 8.17. The van der Waals surface area contributed by atoms with Crippen LogP contribution in [0.4, 0.5) is 8.78 Å². The SMILES string of the molecule is O=C(N[C@@H](Cc1cccc(Cc2cc(CO)cc3ccncc23)c1)C(=O)O)c1c(F)cccc1F. The number of carbonyl (C=O) groups excluding carboxylic acids is 1. The monoisotopic (exact) mass is 476 g/mol. The van der Waals surface area contributed by atoms with Crippen LogP contribution in [0.3, 0.4) is 0 Å². The van der Waals surface area contributed by atoms with Gasteiger partial charge in [-0.05, 0) is 58.3 Å². The van der Waals surface area contributed by atoms with E-state index in [1.165, 1.54) is 0 Å². The average molecular weight is 476 g/mol. The number of benzene rings is 3. The standard InChI is InChI=1S/C27H22F2N2O4/c28-22-5-2-6-23(29)25(22)26(33)31-24(27(34)35)13-17-4-1-3-16(9-17)10-20-12-18(15-32)11-19-7-8-30-14-21(19)20/h1-9,11-12,14,24,32H,10,13,15H2,(H,31,33)(H,34,35)/t24-/m0/s1. The number of nitrogens with one attached hydrogen (secondary N) is 1. The minimum Gasteiger partial charge on any atom is -0.480 e. The Kier molecular flexibility index (Phi) is 7.12. The molecule has 4 rings (SSSR count). The van der Waals surface area contributed by atoms with Crippen molar-refractivity contribution in [2.45, 2.75) is 25.5 Å². The first-order chi connectivity index (χ1) is 16.9. The third kappa shape index (κ3) is 5.50. The molecule has 0 aliphatic carbocycles. The first kappa shape index (κ1) is 24.0. The number of carbonyl (C=O) groups is 2. The highest BCUT2D eigenvalue weighted by atomic mass is 19.1. The molecule has 35 heavy (non-hydrogen) atoms. The fourth-order valence-corrected chi connectivity index (χ4v) is 4.05. The summed E-state index contributed by atoms with van der Waals surface area (Å²) in [5, 5.41) is 23.3. The summed E-state index contributed by atoms with van der Waals surface area (Å²) in [4.78, 5) is 28.4. The van der Waals surface area contributed by atoms with Crippen molar-refractivity contribution in [3.63, 3.8) is 0 Å². The van der Waals surface area contributed by atoms with E-state index in [-0.39, 0.29) is 13.0 Å². The molecule has 0 unspecified atom stereocenters. The number of carboxylic acid groups (broad SMARTS) is 1. The molecule has 0 aliphatic heterocycles. The minimum absolute atomic E-state index is 0.0794. The highest BCUT2D eigenvalue weighted by Crippen LogP contribution is 2.24. The number of hydrogen-bond acceptors (Lipinski definition) is 4. The summed E-state index contributed by atoms with van der Waals surface area (Å²) in [5.74, 6) is -4.60. The third-order valence-corrected chi connectivity index (χ3v) is 5.70. The van der Waals surface area contributed by atoms with Crippen LogP contribution in [0, 0.1) is 11.6 Å². The minimum atomic E-state index is -1.39. The number of amides is 1. The molecule has 8 heteroatoms. The van der Waals surface area contributed by atoms with E-state index in [1.54, 1.807) is 24.5 Å². The fraction of sp³-hybridized carbons (Fsp3) is 0.148. The summed E-state index contributed by atoms with van der Waals surface area (Å²) in [6.07, 6.45) is 3.87. The van der Waals surface area contributed by atoms with Gasteiger partial charge in [-0.2, -0.15) is 0 Å². The van der Waals surface area contributed by atoms with Gasteiger partial charge >= 0.3 is 5.97 Å². The largest absolute Gasteiger partial charge is 0.480 e. The number of fused-ring (bicyclic) bond motifs is 1. The Balaban J connectivity index is 1.56. The molecule has 178 valence electrons. The maximum Gasteiger partial charge on any atom is 0.326 e. The smallest absolute Gasteiger partial charge is 0.326 e. The summed E-state index contributed by atoms with van der Waals surface area (Å²) in [7, 11) is 0. The lowest BCUT2D eigenvalue weighted by Gasteiger charge is -2.16. The number of hydrogen-bond donors (Lipinski definition) is 3. The number of aliphatic hydroxyl groups excluding tert-OH is 1. The van der Waals surface area contributed by atoms with Gasteiger partial charge in [0, 0.05) is 24.2 Å². The van der Waals surface area contributed by atoms with Crippen LogP contribution < -0.4 is 5.32 Å². The normalized spacial score (nSPS) is 11.9. The molecular weight excluding hydrogens is 454 g/mol. The molecular formula is C27H22F2N2O4. The quantitative estimate of drug-likeness (QED) is 0.357. The fourth-order valence-electron chi connectivity index (χ4n) is 4.05. The van der Waals surface area contributed by atoms with E-state index in [2.05, 4.69) is 10.3 Å². The molecule has 0 spiro atoms. The van der Waals surface area contributed by atoms with Crippen LogP contribution in [0.15, 0.2) is 73.1 Å². The number of aromatic nitrogens is 1. The maximum atomic E-state index is 13.9. The first-order valence-electron chi connectivity index (χ1n) is 10.9. The van der Waals surface area contributed by atoms with Gasteiger partial charge in [-0.15, -0.1) is 0 Å². The van der Waals surface area contributed by atoms with Crippen molar-refractivity contribution in [2.75, 3.05) is 0 Å². The van der Waals surface area contributed by atoms with Crippen LogP contribution in [0.25, 0.3) is 10.8 Å². The Bertz CT molecular complexity index is 1390. The van der Waals surface area contributed by atoms with E-state index in [4.69, 9.17) is 0 Å². The van der Waals surface area contributed by atoms with E-state index >= 15 is 0 Å². The zero-order valence-corrected chi connectivity index (χ0v) is 18.5. The van der Waals surface area contributed by atoms with Gasteiger partial charge in [0.25, 0.3) is 5.91 Å². The maximum absolute atomic E-state index is 13.9. The molecule has 1 aromatic heterocycles. The Morgan fingerprint density at radius 2 is 1.66 bits per heavy atom. The molecule has 1 atom stereocenters. The highest BCUT2D eigenvalue weighted by Gasteiger charge is 2.25. The lowest BCUT2D eigenvalue weighted by Crippen LogP contribution is -2.43. The third-order valence-electron chi connectivity index (χ3n) is 5.70. The molecule has 3 N–H and O–H groups in total. The van der Waals surface area contributed by atoms with Gasteiger partial charge in [-0.1, -0.05) is 36.4 Å². The van der Waals surface area contributed by atoms with Gasteiger partial charge in [0.15, 0.2) is 0 Å². The van der Waals surface area contributed by atoms with Crippen LogP contribution in [0.2, 0.25) is 0 Å². The summed E-state index contributed by atoms with van der Waals surface area (Å²) >= 11 is 0. The lowest BCUT2D eigenvalue weighted by molar-refractivity contribution is -0.139. The van der Waals surface area contributed by atoms with E-state index in [1.807, 2.05) is 30.3 Å². The second kappa shape index (κ2) is 10.4. The number of halogens is 2. The molecule has 1 heterocycles. The van der Waals surface area contributed by atoms with E-state index in [0.29, 0.717) is 12.0 Å². The number of nitrogens with zero attached hydrogens (tertiary/aromatic N) is 1. The summed E-state index contributed by atoms with van der Waals surface area (Å²) in [6, 6.07) is 14.5. The molecule has 1 amide bonds. The predicted octanol–water partition coefficient (Wildman–Crippen LogP) is 4.02. The number of pyridine rings is 1. The number of rotatable bonds is 8. The molecule has 4 aromatic rings. The molecule has 0 aliphatic rings. The van der Waals surface area contributed by atoms with Crippen LogP contribution >= 0.6 is 0 Å². The van der Waals surface area contributed by atoms with Crippen molar-refractivity contribution in [1.82, 2.24) is 10.3 Å². The summed E-state index contributed by atoms with van der Waals surface area (Å²) < 4.78 is 27.9. The summed E-state index contributed by atoms with van der Waals surface area (Å²) in [6.45, 7) is -0.103. The topological polar surface area (TPSA) is 99.5 Å². The Hall–Kier alpha value is -4.17. The molecule has 0 saturated carbocycles. The zero-order valence-electron chi connectivity index (χ0n) is 18.5. The molecule has 0 radical (unpaired) electrons. The Morgan fingerprint density at radius 1 is 0.943 bits per heavy atom. The predicted molar refractivity (Wildman–Crippen MR) is 126 cm³/mol. The van der Waals surface area contributed by atoms with Crippen molar-refractivity contribution >= 4 is 22.6 Å².